The van der Waals surface area contributed by atoms with Crippen LogP contribution in [0.25, 0.3) is 0 Å². The fourth-order valence-corrected chi connectivity index (χ4v) is 2.74. The van der Waals surface area contributed by atoms with E-state index in [1.807, 2.05) is 20.8 Å². The van der Waals surface area contributed by atoms with Gasteiger partial charge in [-0.05, 0) is 51.5 Å². The molecule has 152 valence electrons. The van der Waals surface area contributed by atoms with Crippen molar-refractivity contribution in [2.45, 2.75) is 46.3 Å². The largest absolute Gasteiger partial charge is 0.491 e. The summed E-state index contributed by atoms with van der Waals surface area (Å²) in [6.07, 6.45) is 0.525. The van der Waals surface area contributed by atoms with Gasteiger partial charge in [0.1, 0.15) is 12.4 Å². The second-order valence-corrected chi connectivity index (χ2v) is 6.44. The first-order valence-corrected chi connectivity index (χ1v) is 9.27. The highest BCUT2D eigenvalue weighted by Gasteiger charge is 2.32. The Morgan fingerprint density at radius 2 is 1.75 bits per heavy atom. The lowest BCUT2D eigenvalue weighted by molar-refractivity contribution is -0.139. The first kappa shape index (κ1) is 21.3. The van der Waals surface area contributed by atoms with E-state index in [4.69, 9.17) is 14.2 Å². The van der Waals surface area contributed by atoms with Crippen LogP contribution in [0.4, 0.5) is 4.79 Å². The average Bonchev–Trinajstić information content (AvgIpc) is 2.65. The molecule has 2 amide bonds. The molecule has 28 heavy (non-hydrogen) atoms. The normalized spacial score (nSPS) is 16.3. The summed E-state index contributed by atoms with van der Waals surface area (Å²) in [7, 11) is 0. The lowest BCUT2D eigenvalue weighted by Crippen LogP contribution is -2.51. The van der Waals surface area contributed by atoms with Gasteiger partial charge in [-0.3, -0.25) is 0 Å². The van der Waals surface area contributed by atoms with Crippen molar-refractivity contribution in [1.29, 1.82) is 0 Å². The molecule has 0 radical (unpaired) electrons. The van der Waals surface area contributed by atoms with Crippen LogP contribution >= 0.6 is 0 Å². The van der Waals surface area contributed by atoms with Crippen molar-refractivity contribution >= 4 is 18.0 Å². The SMILES string of the molecule is CCOC(=O)C1=C(COC(=O)c2ccc(OC(C)C)cc2)NC(=O)N[C@@H]1CC. The Labute approximate surface area is 164 Å². The molecular weight excluding hydrogens is 364 g/mol. The number of urea groups is 1. The van der Waals surface area contributed by atoms with Gasteiger partial charge in [0.05, 0.1) is 35.6 Å². The van der Waals surface area contributed by atoms with Gasteiger partial charge in [-0.2, -0.15) is 0 Å². The minimum Gasteiger partial charge on any atom is -0.491 e. The summed E-state index contributed by atoms with van der Waals surface area (Å²) in [6.45, 7) is 7.30. The number of ether oxygens (including phenoxy) is 3. The summed E-state index contributed by atoms with van der Waals surface area (Å²) in [4.78, 5) is 36.5. The second-order valence-electron chi connectivity index (χ2n) is 6.44. The van der Waals surface area contributed by atoms with Crippen LogP contribution < -0.4 is 15.4 Å². The molecule has 1 aromatic rings. The monoisotopic (exact) mass is 390 g/mol. The Hall–Kier alpha value is -3.03. The summed E-state index contributed by atoms with van der Waals surface area (Å²) in [5.41, 5.74) is 0.821. The number of hydrogen-bond donors (Lipinski definition) is 2. The van der Waals surface area contributed by atoms with Crippen LogP contribution in [0.3, 0.4) is 0 Å². The summed E-state index contributed by atoms with van der Waals surface area (Å²) in [6, 6.07) is 5.58. The minimum atomic E-state index is -0.576. The maximum Gasteiger partial charge on any atom is 0.338 e. The van der Waals surface area contributed by atoms with E-state index in [9.17, 15) is 14.4 Å². The lowest BCUT2D eigenvalue weighted by atomic mass is 10.0. The van der Waals surface area contributed by atoms with Crippen LogP contribution in [0.1, 0.15) is 44.5 Å². The zero-order valence-corrected chi connectivity index (χ0v) is 16.5. The van der Waals surface area contributed by atoms with Crippen molar-refractivity contribution in [3.8, 4) is 5.75 Å². The molecule has 0 fully saturated rings. The van der Waals surface area contributed by atoms with Crippen molar-refractivity contribution in [1.82, 2.24) is 10.6 Å². The summed E-state index contributed by atoms with van der Waals surface area (Å²) in [5.74, 6) is -0.481. The minimum absolute atomic E-state index is 0.0288. The third-order valence-electron chi connectivity index (χ3n) is 3.96. The predicted molar refractivity (Wildman–Crippen MR) is 102 cm³/mol. The van der Waals surface area contributed by atoms with E-state index >= 15 is 0 Å². The Morgan fingerprint density at radius 3 is 2.32 bits per heavy atom. The highest BCUT2D eigenvalue weighted by molar-refractivity contribution is 5.95. The fraction of sp³-hybridized carbons (Fsp3) is 0.450. The van der Waals surface area contributed by atoms with Crippen molar-refractivity contribution < 1.29 is 28.6 Å². The van der Waals surface area contributed by atoms with Gasteiger partial charge < -0.3 is 24.8 Å². The standard InChI is InChI=1S/C20H26N2O6/c1-5-15-17(19(24)26-6-2)16(22-20(25)21-15)11-27-18(23)13-7-9-14(10-8-13)28-12(3)4/h7-10,12,15H,5-6,11H2,1-4H3,(H2,21,22,25)/t15-/m1/s1. The molecule has 0 bridgehead atoms. The van der Waals surface area contributed by atoms with E-state index in [1.165, 1.54) is 0 Å². The molecule has 0 aliphatic carbocycles. The molecule has 1 aromatic carbocycles. The van der Waals surface area contributed by atoms with Crippen LogP contribution in [0.2, 0.25) is 0 Å². The van der Waals surface area contributed by atoms with Gasteiger partial charge in [0.15, 0.2) is 0 Å². The fourth-order valence-electron chi connectivity index (χ4n) is 2.74. The van der Waals surface area contributed by atoms with Crippen molar-refractivity contribution in [2.75, 3.05) is 13.2 Å². The molecular formula is C20H26N2O6. The van der Waals surface area contributed by atoms with Gasteiger partial charge in [0.2, 0.25) is 0 Å². The number of benzene rings is 1. The highest BCUT2D eigenvalue weighted by Crippen LogP contribution is 2.18. The first-order valence-electron chi connectivity index (χ1n) is 9.27. The number of esters is 2. The molecule has 1 aliphatic heterocycles. The average molecular weight is 390 g/mol. The van der Waals surface area contributed by atoms with Crippen LogP contribution in [-0.4, -0.2) is 43.3 Å². The predicted octanol–water partition coefficient (Wildman–Crippen LogP) is 2.54. The van der Waals surface area contributed by atoms with Gasteiger partial charge in [-0.15, -0.1) is 0 Å². The molecule has 1 aliphatic rings. The molecule has 2 N–H and O–H groups in total. The van der Waals surface area contributed by atoms with Gasteiger partial charge >= 0.3 is 18.0 Å². The van der Waals surface area contributed by atoms with Gasteiger partial charge in [0, 0.05) is 0 Å². The molecule has 8 heteroatoms. The van der Waals surface area contributed by atoms with Gasteiger partial charge in [0.25, 0.3) is 0 Å². The van der Waals surface area contributed by atoms with E-state index in [2.05, 4.69) is 10.6 Å². The van der Waals surface area contributed by atoms with E-state index in [1.54, 1.807) is 31.2 Å². The lowest BCUT2D eigenvalue weighted by Gasteiger charge is -2.28. The molecule has 0 saturated carbocycles. The molecule has 0 saturated heterocycles. The third-order valence-corrected chi connectivity index (χ3v) is 3.96. The Kier molecular flexibility index (Phi) is 7.43. The number of amides is 2. The summed E-state index contributed by atoms with van der Waals surface area (Å²) < 4.78 is 15.9. The van der Waals surface area contributed by atoms with Crippen LogP contribution in [0, 0.1) is 0 Å². The van der Waals surface area contributed by atoms with Crippen LogP contribution in [0.15, 0.2) is 35.5 Å². The van der Waals surface area contributed by atoms with Crippen LogP contribution in [-0.2, 0) is 14.3 Å². The third kappa shape index (κ3) is 5.48. The molecule has 0 unspecified atom stereocenters. The second kappa shape index (κ2) is 9.77. The number of carbonyl (C=O) groups is 3. The molecule has 1 atom stereocenters. The zero-order valence-electron chi connectivity index (χ0n) is 16.5. The highest BCUT2D eigenvalue weighted by atomic mass is 16.5. The number of hydrogen-bond acceptors (Lipinski definition) is 6. The Morgan fingerprint density at radius 1 is 1.07 bits per heavy atom. The smallest absolute Gasteiger partial charge is 0.338 e. The zero-order chi connectivity index (χ0) is 20.7. The molecule has 1 heterocycles. The van der Waals surface area contributed by atoms with Crippen molar-refractivity contribution in [2.24, 2.45) is 0 Å². The Balaban J connectivity index is 2.13. The van der Waals surface area contributed by atoms with Crippen molar-refractivity contribution in [3.63, 3.8) is 0 Å². The van der Waals surface area contributed by atoms with E-state index in [0.717, 1.165) is 0 Å². The first-order chi connectivity index (χ1) is 13.3. The molecule has 0 aromatic heterocycles. The van der Waals surface area contributed by atoms with Crippen molar-refractivity contribution in [3.05, 3.63) is 41.1 Å². The maximum atomic E-state index is 12.3. The topological polar surface area (TPSA) is 103 Å². The number of nitrogens with one attached hydrogen (secondary N) is 2. The molecule has 8 nitrogen and oxygen atoms in total. The maximum absolute atomic E-state index is 12.3. The van der Waals surface area contributed by atoms with Gasteiger partial charge in [-0.25, -0.2) is 14.4 Å². The van der Waals surface area contributed by atoms with Crippen LogP contribution in [0.5, 0.6) is 5.75 Å². The Bertz CT molecular complexity index is 754. The number of carbonyl (C=O) groups excluding carboxylic acids is 3. The summed E-state index contributed by atoms with van der Waals surface area (Å²) >= 11 is 0. The number of rotatable bonds is 8. The van der Waals surface area contributed by atoms with E-state index < -0.39 is 24.0 Å². The van der Waals surface area contributed by atoms with E-state index in [-0.39, 0.29) is 30.6 Å². The molecule has 2 rings (SSSR count). The molecule has 0 spiro atoms. The van der Waals surface area contributed by atoms with E-state index in [0.29, 0.717) is 17.7 Å². The summed E-state index contributed by atoms with van der Waals surface area (Å²) in [5, 5.41) is 5.20. The quantitative estimate of drug-likeness (QED) is 0.661. The van der Waals surface area contributed by atoms with Gasteiger partial charge in [-0.1, -0.05) is 6.92 Å².